The molecule has 0 rings (SSSR count). The molecular weight excluding hydrogens is 649 g/mol. The number of hydrogen-bond donors (Lipinski definition) is 4. The van der Waals surface area contributed by atoms with Crippen LogP contribution in [0, 0.1) is 0 Å². The molecular formula is C37H72NO10P. The van der Waals surface area contributed by atoms with Crippen molar-refractivity contribution in [2.45, 2.75) is 199 Å². The summed E-state index contributed by atoms with van der Waals surface area (Å²) < 4.78 is 26.6. The third-order valence-electron chi connectivity index (χ3n) is 8.65. The van der Waals surface area contributed by atoms with Crippen molar-refractivity contribution in [1.29, 1.82) is 0 Å². The molecule has 3 unspecified atom stereocenters. The topological polar surface area (TPSA) is 169 Å². The third kappa shape index (κ3) is 33.4. The van der Waals surface area contributed by atoms with Gasteiger partial charge in [-0.15, -0.1) is 0 Å². The van der Waals surface area contributed by atoms with Gasteiger partial charge in [0.2, 0.25) is 5.91 Å². The molecule has 0 bridgehead atoms. The molecule has 1 amide bonds. The zero-order valence-corrected chi connectivity index (χ0v) is 31.9. The van der Waals surface area contributed by atoms with E-state index < -0.39 is 57.6 Å². The number of phosphoric ester groups is 1. The van der Waals surface area contributed by atoms with E-state index in [2.05, 4.69) is 19.2 Å². The van der Waals surface area contributed by atoms with Gasteiger partial charge in [0, 0.05) is 12.8 Å². The number of ether oxygens (including phenoxy) is 1. The maximum Gasteiger partial charge on any atom is 0.472 e. The van der Waals surface area contributed by atoms with Gasteiger partial charge in [-0.05, 0) is 12.8 Å². The summed E-state index contributed by atoms with van der Waals surface area (Å²) >= 11 is 0. The van der Waals surface area contributed by atoms with E-state index in [0.29, 0.717) is 12.8 Å². The van der Waals surface area contributed by atoms with Crippen LogP contribution in [0.25, 0.3) is 0 Å². The van der Waals surface area contributed by atoms with Crippen LogP contribution in [0.15, 0.2) is 0 Å². The first-order valence-corrected chi connectivity index (χ1v) is 21.1. The Morgan fingerprint density at radius 3 is 1.35 bits per heavy atom. The minimum absolute atomic E-state index is 0.144. The largest absolute Gasteiger partial charge is 0.480 e. The number of aliphatic hydroxyl groups excluding tert-OH is 1. The molecule has 290 valence electrons. The van der Waals surface area contributed by atoms with Crippen molar-refractivity contribution in [3.05, 3.63) is 0 Å². The quantitative estimate of drug-likeness (QED) is 0.0276. The molecule has 0 aromatic rings. The number of amides is 1. The number of phosphoric acid groups is 1. The second-order valence-corrected chi connectivity index (χ2v) is 14.9. The van der Waals surface area contributed by atoms with E-state index in [4.69, 9.17) is 13.8 Å². The van der Waals surface area contributed by atoms with Crippen LogP contribution in [0.2, 0.25) is 0 Å². The highest BCUT2D eigenvalue weighted by atomic mass is 31.2. The Balaban J connectivity index is 3.75. The summed E-state index contributed by atoms with van der Waals surface area (Å²) in [6.07, 6.45) is 29.2. The van der Waals surface area contributed by atoms with E-state index in [0.717, 1.165) is 44.9 Å². The summed E-state index contributed by atoms with van der Waals surface area (Å²) in [5.41, 5.74) is 0. The van der Waals surface area contributed by atoms with E-state index in [1.54, 1.807) is 0 Å². The Bertz CT molecular complexity index is 859. The van der Waals surface area contributed by atoms with Gasteiger partial charge >= 0.3 is 19.8 Å². The normalized spacial score (nSPS) is 13.9. The summed E-state index contributed by atoms with van der Waals surface area (Å²) in [6.45, 7) is 2.47. The average Bonchev–Trinajstić information content (AvgIpc) is 3.07. The first-order valence-electron chi connectivity index (χ1n) is 19.6. The van der Waals surface area contributed by atoms with Crippen LogP contribution < -0.4 is 5.32 Å². The first kappa shape index (κ1) is 47.5. The lowest BCUT2D eigenvalue weighted by molar-refractivity contribution is -0.147. The summed E-state index contributed by atoms with van der Waals surface area (Å²) in [5, 5.41) is 21.6. The first-order chi connectivity index (χ1) is 23.6. The second kappa shape index (κ2) is 33.6. The zero-order chi connectivity index (χ0) is 36.4. The maximum absolute atomic E-state index is 12.1. The summed E-state index contributed by atoms with van der Waals surface area (Å²) in [4.78, 5) is 45.3. The zero-order valence-electron chi connectivity index (χ0n) is 31.0. The van der Waals surface area contributed by atoms with Gasteiger partial charge in [-0.25, -0.2) is 9.36 Å². The van der Waals surface area contributed by atoms with E-state index in [1.807, 2.05) is 0 Å². The monoisotopic (exact) mass is 721 g/mol. The molecule has 49 heavy (non-hydrogen) atoms. The number of carboxylic acids is 1. The molecule has 0 heterocycles. The predicted molar refractivity (Wildman–Crippen MR) is 194 cm³/mol. The molecule has 0 spiro atoms. The number of hydrogen-bond acceptors (Lipinski definition) is 8. The van der Waals surface area contributed by atoms with E-state index in [-0.39, 0.29) is 12.8 Å². The highest BCUT2D eigenvalue weighted by Crippen LogP contribution is 2.43. The third-order valence-corrected chi connectivity index (χ3v) is 9.60. The summed E-state index contributed by atoms with van der Waals surface area (Å²) in [6, 6.07) is -1.54. The number of carbonyl (C=O) groups excluding carboxylic acids is 2. The number of carboxylic acid groups (broad SMARTS) is 1. The lowest BCUT2D eigenvalue weighted by Gasteiger charge is -2.18. The van der Waals surface area contributed by atoms with Gasteiger partial charge in [-0.2, -0.15) is 0 Å². The van der Waals surface area contributed by atoms with Gasteiger partial charge in [0.15, 0.2) is 6.04 Å². The van der Waals surface area contributed by atoms with Gasteiger partial charge < -0.3 is 25.2 Å². The predicted octanol–water partition coefficient (Wildman–Crippen LogP) is 9.17. The molecule has 0 saturated carbocycles. The Labute approximate surface area is 297 Å². The average molecular weight is 722 g/mol. The molecule has 11 nitrogen and oxygen atoms in total. The number of aliphatic hydroxyl groups is 1. The minimum atomic E-state index is -4.73. The lowest BCUT2D eigenvalue weighted by Crippen LogP contribution is -2.43. The van der Waals surface area contributed by atoms with E-state index in [9.17, 15) is 34.1 Å². The molecule has 0 fully saturated rings. The molecule has 0 aliphatic heterocycles. The number of carbonyl (C=O) groups is 3. The number of nitrogens with one attached hydrogen (secondary N) is 1. The van der Waals surface area contributed by atoms with Crippen LogP contribution in [0.5, 0.6) is 0 Å². The number of esters is 1. The highest BCUT2D eigenvalue weighted by molar-refractivity contribution is 7.47. The van der Waals surface area contributed by atoms with E-state index >= 15 is 0 Å². The van der Waals surface area contributed by atoms with Crippen molar-refractivity contribution < 1.29 is 47.8 Å². The van der Waals surface area contributed by atoms with Gasteiger partial charge in [-0.3, -0.25) is 18.6 Å². The molecule has 0 aromatic carbocycles. The van der Waals surface area contributed by atoms with Gasteiger partial charge in [0.1, 0.15) is 12.7 Å². The minimum Gasteiger partial charge on any atom is -0.480 e. The molecule has 3 atom stereocenters. The molecule has 4 N–H and O–H groups in total. The number of unbranched alkanes of at least 4 members (excludes halogenated alkanes) is 23. The molecule has 0 aliphatic rings. The van der Waals surface area contributed by atoms with Crippen molar-refractivity contribution in [3.63, 3.8) is 0 Å². The fraction of sp³-hybridized carbons (Fsp3) is 0.919. The van der Waals surface area contributed by atoms with Crippen molar-refractivity contribution in [2.75, 3.05) is 19.8 Å². The molecule has 0 aromatic heterocycles. The maximum atomic E-state index is 12.1. The molecule has 12 heteroatoms. The van der Waals surface area contributed by atoms with Crippen LogP contribution in [0.4, 0.5) is 0 Å². The van der Waals surface area contributed by atoms with Gasteiger partial charge in [0.05, 0.1) is 13.2 Å². The lowest BCUT2D eigenvalue weighted by atomic mass is 10.0. The number of rotatable bonds is 37. The fourth-order valence-corrected chi connectivity index (χ4v) is 6.32. The van der Waals surface area contributed by atoms with Crippen LogP contribution in [0.1, 0.15) is 187 Å². The Hall–Kier alpha value is -1.52. The highest BCUT2D eigenvalue weighted by Gasteiger charge is 2.28. The van der Waals surface area contributed by atoms with Crippen molar-refractivity contribution in [1.82, 2.24) is 5.32 Å². The van der Waals surface area contributed by atoms with Crippen LogP contribution in [-0.2, 0) is 32.7 Å². The SMILES string of the molecule is CCCCCCCCCCCCCCCCCCCCCCC(=O)OCC(O)COP(=O)(O)OCC(NC(=O)CCCCCCC)C(=O)O. The summed E-state index contributed by atoms with van der Waals surface area (Å²) in [5.74, 6) is -2.38. The Morgan fingerprint density at radius 2 is 0.939 bits per heavy atom. The summed E-state index contributed by atoms with van der Waals surface area (Å²) in [7, 11) is -4.73. The van der Waals surface area contributed by atoms with Gasteiger partial charge in [-0.1, -0.05) is 162 Å². The second-order valence-electron chi connectivity index (χ2n) is 13.5. The fourth-order valence-electron chi connectivity index (χ4n) is 5.55. The smallest absolute Gasteiger partial charge is 0.472 e. The van der Waals surface area contributed by atoms with Crippen molar-refractivity contribution in [3.8, 4) is 0 Å². The Morgan fingerprint density at radius 1 is 0.571 bits per heavy atom. The van der Waals surface area contributed by atoms with Crippen LogP contribution in [-0.4, -0.2) is 64.9 Å². The molecule has 0 aliphatic carbocycles. The van der Waals surface area contributed by atoms with Crippen LogP contribution in [0.3, 0.4) is 0 Å². The van der Waals surface area contributed by atoms with Crippen molar-refractivity contribution in [2.24, 2.45) is 0 Å². The molecule has 0 saturated heterocycles. The standard InChI is InChI=1S/C37H72NO10P/c1-3-5-7-9-10-11-12-13-14-15-16-17-18-19-20-21-22-23-25-27-29-36(41)46-30-33(39)31-47-49(44,45)48-32-34(37(42)43)38-35(40)28-26-24-8-6-4-2/h33-34,39H,3-32H2,1-2H3,(H,38,40)(H,42,43)(H,44,45). The van der Waals surface area contributed by atoms with Crippen LogP contribution >= 0.6 is 7.82 Å². The Kier molecular flexibility index (Phi) is 32.6. The van der Waals surface area contributed by atoms with Gasteiger partial charge in [0.25, 0.3) is 0 Å². The number of aliphatic carboxylic acids is 1. The molecule has 0 radical (unpaired) electrons. The van der Waals surface area contributed by atoms with Crippen molar-refractivity contribution >= 4 is 25.7 Å². The van der Waals surface area contributed by atoms with E-state index in [1.165, 1.54) is 103 Å².